The summed E-state index contributed by atoms with van der Waals surface area (Å²) in [5.74, 6) is 2.46. The zero-order chi connectivity index (χ0) is 13.7. The van der Waals surface area contributed by atoms with Gasteiger partial charge in [0.1, 0.15) is 5.69 Å². The van der Waals surface area contributed by atoms with Gasteiger partial charge in [0.2, 0.25) is 0 Å². The first kappa shape index (κ1) is 13.0. The number of carbonyl (C=O) groups excluding carboxylic acids is 1. The van der Waals surface area contributed by atoms with Crippen LogP contribution < -0.4 is 11.1 Å². The summed E-state index contributed by atoms with van der Waals surface area (Å²) in [6, 6.07) is 7.40. The second-order valence-corrected chi connectivity index (χ2v) is 4.41. The van der Waals surface area contributed by atoms with Gasteiger partial charge in [-0.2, -0.15) is 0 Å². The van der Waals surface area contributed by atoms with Crippen LogP contribution in [0.25, 0.3) is 10.9 Å². The molecular weight excluding hydrogens is 238 g/mol. The van der Waals surface area contributed by atoms with Crippen molar-refractivity contribution in [2.45, 2.75) is 19.3 Å². The molecule has 1 heterocycles. The number of hydrogen-bond acceptors (Lipinski definition) is 2. The summed E-state index contributed by atoms with van der Waals surface area (Å²) in [7, 11) is 0. The van der Waals surface area contributed by atoms with Gasteiger partial charge in [0.25, 0.3) is 5.91 Å². The number of aromatic nitrogens is 1. The van der Waals surface area contributed by atoms with Crippen molar-refractivity contribution in [2.24, 2.45) is 0 Å². The first-order chi connectivity index (χ1) is 9.22. The highest BCUT2D eigenvalue weighted by atomic mass is 16.1. The fourth-order valence-electron chi connectivity index (χ4n) is 1.95. The Morgan fingerprint density at radius 3 is 3.00 bits per heavy atom. The molecule has 0 aliphatic heterocycles. The van der Waals surface area contributed by atoms with Crippen LogP contribution in [0.2, 0.25) is 0 Å². The molecule has 0 bridgehead atoms. The van der Waals surface area contributed by atoms with E-state index >= 15 is 0 Å². The zero-order valence-corrected chi connectivity index (χ0v) is 10.7. The van der Waals surface area contributed by atoms with Crippen LogP contribution in [0.15, 0.2) is 24.3 Å². The van der Waals surface area contributed by atoms with Crippen molar-refractivity contribution in [3.8, 4) is 12.3 Å². The molecule has 0 fully saturated rings. The van der Waals surface area contributed by atoms with Crippen LogP contribution in [0, 0.1) is 12.3 Å². The Morgan fingerprint density at radius 1 is 1.42 bits per heavy atom. The van der Waals surface area contributed by atoms with Gasteiger partial charge in [-0.05, 0) is 25.0 Å². The lowest BCUT2D eigenvalue weighted by Gasteiger charge is -2.02. The minimum atomic E-state index is -0.115. The number of rotatable bonds is 5. The first-order valence-corrected chi connectivity index (χ1v) is 6.31. The quantitative estimate of drug-likeness (QED) is 0.436. The SMILES string of the molecule is C#CCCCCNC(=O)c1cc2cccc(N)c2[nH]1. The van der Waals surface area contributed by atoms with Crippen LogP contribution in [-0.2, 0) is 0 Å². The third kappa shape index (κ3) is 3.08. The lowest BCUT2D eigenvalue weighted by molar-refractivity contribution is 0.0949. The molecule has 0 saturated heterocycles. The summed E-state index contributed by atoms with van der Waals surface area (Å²) in [4.78, 5) is 15.0. The molecule has 1 amide bonds. The van der Waals surface area contributed by atoms with E-state index in [-0.39, 0.29) is 5.91 Å². The highest BCUT2D eigenvalue weighted by Gasteiger charge is 2.09. The normalized spacial score (nSPS) is 10.3. The van der Waals surface area contributed by atoms with Crippen molar-refractivity contribution < 1.29 is 4.79 Å². The molecule has 0 aliphatic carbocycles. The molecule has 2 rings (SSSR count). The zero-order valence-electron chi connectivity index (χ0n) is 10.7. The number of unbranched alkanes of at least 4 members (excludes halogenated alkanes) is 2. The van der Waals surface area contributed by atoms with Gasteiger partial charge in [-0.1, -0.05) is 12.1 Å². The van der Waals surface area contributed by atoms with Crippen molar-refractivity contribution in [3.63, 3.8) is 0 Å². The van der Waals surface area contributed by atoms with Gasteiger partial charge < -0.3 is 16.0 Å². The summed E-state index contributed by atoms with van der Waals surface area (Å²) in [5.41, 5.74) is 7.82. The second kappa shape index (κ2) is 5.96. The highest BCUT2D eigenvalue weighted by molar-refractivity contribution is 6.00. The van der Waals surface area contributed by atoms with E-state index in [1.165, 1.54) is 0 Å². The van der Waals surface area contributed by atoms with Gasteiger partial charge in [-0.3, -0.25) is 4.79 Å². The molecule has 19 heavy (non-hydrogen) atoms. The van der Waals surface area contributed by atoms with Crippen LogP contribution in [-0.4, -0.2) is 17.4 Å². The van der Waals surface area contributed by atoms with Crippen molar-refractivity contribution >= 4 is 22.5 Å². The molecule has 0 radical (unpaired) electrons. The number of fused-ring (bicyclic) bond motifs is 1. The van der Waals surface area contributed by atoms with Crippen molar-refractivity contribution in [1.82, 2.24) is 10.3 Å². The minimum Gasteiger partial charge on any atom is -0.397 e. The maximum atomic E-state index is 11.9. The molecule has 0 atom stereocenters. The molecule has 98 valence electrons. The standard InChI is InChI=1S/C15H17N3O/c1-2-3-4-5-9-17-15(19)13-10-11-7-6-8-12(16)14(11)18-13/h1,6-8,10,18H,3-5,9,16H2,(H,17,19). The fraction of sp³-hybridized carbons (Fsp3) is 0.267. The molecule has 0 spiro atoms. The molecular formula is C15H17N3O. The molecule has 4 heteroatoms. The van der Waals surface area contributed by atoms with Gasteiger partial charge >= 0.3 is 0 Å². The first-order valence-electron chi connectivity index (χ1n) is 6.31. The number of para-hydroxylation sites is 1. The Balaban J connectivity index is 1.98. The summed E-state index contributed by atoms with van der Waals surface area (Å²) in [5, 5.41) is 3.80. The van der Waals surface area contributed by atoms with E-state index in [2.05, 4.69) is 16.2 Å². The largest absolute Gasteiger partial charge is 0.397 e. The average Bonchev–Trinajstić information content (AvgIpc) is 2.84. The molecule has 4 nitrogen and oxygen atoms in total. The van der Waals surface area contributed by atoms with Gasteiger partial charge in [-0.25, -0.2) is 0 Å². The van der Waals surface area contributed by atoms with E-state index in [0.29, 0.717) is 17.9 Å². The Labute approximate surface area is 112 Å². The number of carbonyl (C=O) groups is 1. The van der Waals surface area contributed by atoms with Crippen LogP contribution in [0.3, 0.4) is 0 Å². The number of nitrogens with one attached hydrogen (secondary N) is 2. The number of aromatic amines is 1. The number of hydrogen-bond donors (Lipinski definition) is 3. The predicted molar refractivity (Wildman–Crippen MR) is 77.7 cm³/mol. The molecule has 0 aliphatic rings. The third-order valence-corrected chi connectivity index (χ3v) is 2.97. The second-order valence-electron chi connectivity index (χ2n) is 4.41. The number of nitrogens with two attached hydrogens (primary N) is 1. The average molecular weight is 255 g/mol. The van der Waals surface area contributed by atoms with Crippen molar-refractivity contribution in [3.05, 3.63) is 30.0 Å². The number of anilines is 1. The Bertz CT molecular complexity index is 622. The topological polar surface area (TPSA) is 70.9 Å². The maximum absolute atomic E-state index is 11.9. The van der Waals surface area contributed by atoms with Crippen LogP contribution in [0.1, 0.15) is 29.8 Å². The van der Waals surface area contributed by atoms with Gasteiger partial charge in [0, 0.05) is 18.4 Å². The lowest BCUT2D eigenvalue weighted by atomic mass is 10.2. The predicted octanol–water partition coefficient (Wildman–Crippen LogP) is 2.28. The summed E-state index contributed by atoms with van der Waals surface area (Å²) in [6.07, 6.45) is 7.73. The summed E-state index contributed by atoms with van der Waals surface area (Å²) < 4.78 is 0. The maximum Gasteiger partial charge on any atom is 0.267 e. The number of benzene rings is 1. The van der Waals surface area contributed by atoms with Gasteiger partial charge in [0.05, 0.1) is 11.2 Å². The molecule has 2 aromatic rings. The van der Waals surface area contributed by atoms with E-state index in [4.69, 9.17) is 12.2 Å². The Hall–Kier alpha value is -2.41. The van der Waals surface area contributed by atoms with Crippen molar-refractivity contribution in [2.75, 3.05) is 12.3 Å². The molecule has 0 saturated carbocycles. The third-order valence-electron chi connectivity index (χ3n) is 2.97. The monoisotopic (exact) mass is 255 g/mol. The molecule has 1 aromatic carbocycles. The van der Waals surface area contributed by atoms with E-state index in [1.54, 1.807) is 6.07 Å². The summed E-state index contributed by atoms with van der Waals surface area (Å²) >= 11 is 0. The number of H-pyrrole nitrogens is 1. The lowest BCUT2D eigenvalue weighted by Crippen LogP contribution is -2.24. The Kier molecular flexibility index (Phi) is 4.09. The van der Waals surface area contributed by atoms with E-state index in [9.17, 15) is 4.79 Å². The van der Waals surface area contributed by atoms with Crippen LogP contribution >= 0.6 is 0 Å². The van der Waals surface area contributed by atoms with E-state index in [0.717, 1.165) is 30.2 Å². The number of amides is 1. The fourth-order valence-corrected chi connectivity index (χ4v) is 1.95. The molecule has 0 unspecified atom stereocenters. The number of terminal acetylenes is 1. The van der Waals surface area contributed by atoms with Gasteiger partial charge in [0.15, 0.2) is 0 Å². The van der Waals surface area contributed by atoms with E-state index < -0.39 is 0 Å². The Morgan fingerprint density at radius 2 is 2.26 bits per heavy atom. The molecule has 1 aromatic heterocycles. The van der Waals surface area contributed by atoms with E-state index in [1.807, 2.05) is 18.2 Å². The molecule has 4 N–H and O–H groups in total. The van der Waals surface area contributed by atoms with Crippen LogP contribution in [0.4, 0.5) is 5.69 Å². The summed E-state index contributed by atoms with van der Waals surface area (Å²) in [6.45, 7) is 0.630. The van der Waals surface area contributed by atoms with Crippen LogP contribution in [0.5, 0.6) is 0 Å². The minimum absolute atomic E-state index is 0.115. The number of nitrogen functional groups attached to an aromatic ring is 1. The van der Waals surface area contributed by atoms with Gasteiger partial charge in [-0.15, -0.1) is 12.3 Å². The smallest absolute Gasteiger partial charge is 0.267 e. The highest BCUT2D eigenvalue weighted by Crippen LogP contribution is 2.20. The van der Waals surface area contributed by atoms with Crippen molar-refractivity contribution in [1.29, 1.82) is 0 Å².